The minimum atomic E-state index is -4.39. The van der Waals surface area contributed by atoms with Gasteiger partial charge in [-0.3, -0.25) is 5.14 Å². The van der Waals surface area contributed by atoms with E-state index >= 15 is 0 Å². The summed E-state index contributed by atoms with van der Waals surface area (Å²) >= 11 is 1.12. The zero-order valence-electron chi connectivity index (χ0n) is 24.4. The van der Waals surface area contributed by atoms with Gasteiger partial charge in [-0.2, -0.15) is 13.2 Å². The number of fused-ring (bicyclic) bond motifs is 1. The number of alkyl halides is 3. The van der Waals surface area contributed by atoms with E-state index < -0.39 is 12.7 Å². The molecule has 1 aliphatic rings. The highest BCUT2D eigenvalue weighted by molar-refractivity contribution is 7.97. The first-order valence-electron chi connectivity index (χ1n) is 13.9. The van der Waals surface area contributed by atoms with Crippen LogP contribution in [0.1, 0.15) is 39.3 Å². The van der Waals surface area contributed by atoms with Gasteiger partial charge in [0.2, 0.25) is 0 Å². The molecular weight excluding hydrogens is 547 g/mol. The Morgan fingerprint density at radius 1 is 1.20 bits per heavy atom. The maximum absolute atomic E-state index is 13.7. The summed E-state index contributed by atoms with van der Waals surface area (Å²) in [5.74, 6) is 7.06. The third-order valence-electron chi connectivity index (χ3n) is 8.57. The van der Waals surface area contributed by atoms with Crippen LogP contribution in [0.25, 0.3) is 10.9 Å². The van der Waals surface area contributed by atoms with Gasteiger partial charge in [0.05, 0.1) is 30.6 Å². The molecule has 1 aliphatic heterocycles. The zero-order chi connectivity index (χ0) is 29.8. The molecule has 3 atom stereocenters. The Morgan fingerprint density at radius 3 is 2.66 bits per heavy atom. The first-order chi connectivity index (χ1) is 19.5. The number of hydrogen-bond acceptors (Lipinski definition) is 6. The van der Waals surface area contributed by atoms with Gasteiger partial charge in [-0.1, -0.05) is 32.8 Å². The topological polar surface area (TPSA) is 67.5 Å². The van der Waals surface area contributed by atoms with E-state index in [1.54, 1.807) is 19.2 Å². The molecule has 0 radical (unpaired) electrons. The van der Waals surface area contributed by atoms with Crippen molar-refractivity contribution in [3.8, 4) is 17.6 Å². The van der Waals surface area contributed by atoms with Gasteiger partial charge in [0.25, 0.3) is 0 Å². The summed E-state index contributed by atoms with van der Waals surface area (Å²) in [4.78, 5) is 3.22. The Hall–Kier alpha value is -3.00. The average Bonchev–Trinajstić information content (AvgIpc) is 3.23. The van der Waals surface area contributed by atoms with Crippen molar-refractivity contribution >= 4 is 34.2 Å². The molecule has 1 aromatic heterocycles. The lowest BCUT2D eigenvalue weighted by Crippen LogP contribution is -2.43. The molecule has 4 N–H and O–H groups in total. The highest BCUT2D eigenvalue weighted by atomic mass is 32.2. The molecule has 10 heteroatoms. The van der Waals surface area contributed by atoms with Crippen LogP contribution in [0.15, 0.2) is 47.4 Å². The van der Waals surface area contributed by atoms with E-state index in [2.05, 4.69) is 55.2 Å². The van der Waals surface area contributed by atoms with Crippen LogP contribution < -0.4 is 20.5 Å². The number of anilines is 2. The van der Waals surface area contributed by atoms with Crippen LogP contribution in [-0.4, -0.2) is 55.5 Å². The van der Waals surface area contributed by atoms with Gasteiger partial charge >= 0.3 is 6.18 Å². The minimum Gasteiger partial charge on any atom is -0.495 e. The standard InChI is InChI=1S/C31H40F3N5OS/c1-6-30(3)21(2)19-38(4)16-14-29(30)37-25-10-7-11-27-24(25)17-22(39(27)20-31(32,33)34)9-8-15-36-26-13-12-23(41-35)18-28(26)40-5/h7,10-13,17-18,21,29,36-37H,6,14-16,19-20,35H2,1-5H3/t21-,29?,30?/m1/s1. The SMILES string of the molecule is CCC1(C)C(Nc2cccc3c2cc(C#CCNc2ccc(SN)cc2OC)n3CC(F)(F)F)CCN(C)C[C@H]1C. The van der Waals surface area contributed by atoms with Crippen molar-refractivity contribution in [1.82, 2.24) is 9.47 Å². The Balaban J connectivity index is 1.66. The molecule has 3 aromatic rings. The summed E-state index contributed by atoms with van der Waals surface area (Å²) in [6, 6.07) is 13.0. The van der Waals surface area contributed by atoms with E-state index in [4.69, 9.17) is 9.88 Å². The second-order valence-corrected chi connectivity index (χ2v) is 11.8. The molecule has 0 bridgehead atoms. The van der Waals surface area contributed by atoms with Crippen LogP contribution in [0.4, 0.5) is 24.5 Å². The fourth-order valence-electron chi connectivity index (χ4n) is 5.84. The summed E-state index contributed by atoms with van der Waals surface area (Å²) in [5, 5.41) is 13.3. The molecule has 1 fully saturated rings. The Labute approximate surface area is 245 Å². The van der Waals surface area contributed by atoms with Gasteiger partial charge in [0, 0.05) is 28.6 Å². The summed E-state index contributed by atoms with van der Waals surface area (Å²) in [5.41, 5.74) is 2.44. The Bertz CT molecular complexity index is 1410. The van der Waals surface area contributed by atoms with Gasteiger partial charge < -0.3 is 24.8 Å². The number of nitrogens with zero attached hydrogens (tertiary/aromatic N) is 2. The van der Waals surface area contributed by atoms with Crippen LogP contribution in [0.2, 0.25) is 0 Å². The predicted octanol–water partition coefficient (Wildman–Crippen LogP) is 6.81. The number of rotatable bonds is 8. The molecule has 4 rings (SSSR count). The van der Waals surface area contributed by atoms with Crippen molar-refractivity contribution < 1.29 is 17.9 Å². The first kappa shape index (κ1) is 30.9. The minimum absolute atomic E-state index is 0.0395. The van der Waals surface area contributed by atoms with Gasteiger partial charge in [-0.15, -0.1) is 0 Å². The highest BCUT2D eigenvalue weighted by Gasteiger charge is 2.40. The van der Waals surface area contributed by atoms with E-state index in [0.717, 1.165) is 59.5 Å². The van der Waals surface area contributed by atoms with Crippen molar-refractivity contribution in [2.24, 2.45) is 16.5 Å². The molecule has 222 valence electrons. The first-order valence-corrected chi connectivity index (χ1v) is 14.8. The Kier molecular flexibility index (Phi) is 9.73. The summed E-state index contributed by atoms with van der Waals surface area (Å²) in [6.07, 6.45) is -2.42. The summed E-state index contributed by atoms with van der Waals surface area (Å²) in [6.45, 7) is 7.94. The zero-order valence-corrected chi connectivity index (χ0v) is 25.2. The molecule has 0 amide bonds. The third kappa shape index (κ3) is 7.08. The van der Waals surface area contributed by atoms with Crippen molar-refractivity contribution in [2.45, 2.75) is 57.3 Å². The van der Waals surface area contributed by atoms with Gasteiger partial charge in [-0.25, -0.2) is 0 Å². The number of halogens is 3. The molecule has 2 unspecified atom stereocenters. The number of aromatic nitrogens is 1. The predicted molar refractivity (Wildman–Crippen MR) is 163 cm³/mol. The van der Waals surface area contributed by atoms with Crippen molar-refractivity contribution in [1.29, 1.82) is 0 Å². The lowest BCUT2D eigenvalue weighted by molar-refractivity contribution is -0.140. The van der Waals surface area contributed by atoms with E-state index in [-0.39, 0.29) is 18.0 Å². The van der Waals surface area contributed by atoms with Gasteiger partial charge in [0.1, 0.15) is 12.3 Å². The number of benzene rings is 2. The van der Waals surface area contributed by atoms with Crippen LogP contribution in [0.5, 0.6) is 5.75 Å². The molecule has 0 spiro atoms. The number of ether oxygens (including phenoxy) is 1. The molecule has 2 heterocycles. The second-order valence-electron chi connectivity index (χ2n) is 11.1. The van der Waals surface area contributed by atoms with Crippen molar-refractivity contribution in [2.75, 3.05) is 44.4 Å². The van der Waals surface area contributed by atoms with Gasteiger partial charge in [-0.05, 0) is 92.0 Å². The quantitative estimate of drug-likeness (QED) is 0.199. The molecule has 41 heavy (non-hydrogen) atoms. The van der Waals surface area contributed by atoms with Crippen LogP contribution in [0.3, 0.4) is 0 Å². The largest absolute Gasteiger partial charge is 0.495 e. The van der Waals surface area contributed by atoms with Crippen LogP contribution in [0, 0.1) is 23.2 Å². The molecule has 6 nitrogen and oxygen atoms in total. The van der Waals surface area contributed by atoms with E-state index in [1.165, 1.54) is 4.57 Å². The lowest BCUT2D eigenvalue weighted by Gasteiger charge is -2.41. The van der Waals surface area contributed by atoms with Crippen LogP contribution >= 0.6 is 11.9 Å². The fourth-order valence-corrected chi connectivity index (χ4v) is 6.16. The Morgan fingerprint density at radius 2 is 1.98 bits per heavy atom. The van der Waals surface area contributed by atoms with E-state index in [0.29, 0.717) is 22.9 Å². The summed E-state index contributed by atoms with van der Waals surface area (Å²) < 4.78 is 47.8. The van der Waals surface area contributed by atoms with Crippen molar-refractivity contribution in [3.63, 3.8) is 0 Å². The number of hydrogen-bond donors (Lipinski definition) is 3. The molecule has 0 saturated carbocycles. The highest BCUT2D eigenvalue weighted by Crippen LogP contribution is 2.41. The summed E-state index contributed by atoms with van der Waals surface area (Å²) in [7, 11) is 3.71. The monoisotopic (exact) mass is 587 g/mol. The molecule has 0 aliphatic carbocycles. The fraction of sp³-hybridized carbons (Fsp3) is 0.484. The second kappa shape index (κ2) is 12.9. The molecule has 2 aromatic carbocycles. The average molecular weight is 588 g/mol. The number of likely N-dealkylation sites (tertiary alicyclic amines) is 1. The van der Waals surface area contributed by atoms with E-state index in [1.807, 2.05) is 30.3 Å². The van der Waals surface area contributed by atoms with Crippen molar-refractivity contribution in [3.05, 3.63) is 48.2 Å². The van der Waals surface area contributed by atoms with E-state index in [9.17, 15) is 13.2 Å². The molecule has 1 saturated heterocycles. The van der Waals surface area contributed by atoms with Crippen LogP contribution in [-0.2, 0) is 6.54 Å². The maximum atomic E-state index is 13.7. The third-order valence-corrected chi connectivity index (χ3v) is 9.10. The smallest absolute Gasteiger partial charge is 0.406 e. The number of nitrogens with one attached hydrogen (secondary N) is 2. The molecular formula is C31H40F3N5OS. The normalized spacial score (nSPS) is 21.7. The number of methoxy groups -OCH3 is 1. The number of nitrogens with two attached hydrogens (primary N) is 1. The van der Waals surface area contributed by atoms with Gasteiger partial charge in [0.15, 0.2) is 0 Å². The lowest BCUT2D eigenvalue weighted by atomic mass is 9.69. The maximum Gasteiger partial charge on any atom is 0.406 e.